The van der Waals surface area contributed by atoms with Crippen molar-refractivity contribution in [3.8, 4) is 5.75 Å². The van der Waals surface area contributed by atoms with Crippen LogP contribution in [0.25, 0.3) is 0 Å². The molecule has 0 aromatic heterocycles. The van der Waals surface area contributed by atoms with Crippen LogP contribution in [-0.4, -0.2) is 13.4 Å². The Kier molecular flexibility index (Phi) is 4.28. The average molecular weight is 210 g/mol. The van der Waals surface area contributed by atoms with Gasteiger partial charge in [0.25, 0.3) is 0 Å². The Morgan fingerprint density at radius 1 is 1.53 bits per heavy atom. The number of benzene rings is 1. The number of carbonyl (C=O) groups is 1. The summed E-state index contributed by atoms with van der Waals surface area (Å²) in [6.07, 6.45) is 2.30. The molecule has 0 saturated carbocycles. The summed E-state index contributed by atoms with van der Waals surface area (Å²) in [6.45, 7) is 1.97. The second-order valence-electron chi connectivity index (χ2n) is 3.39. The molecule has 0 aliphatic rings. The summed E-state index contributed by atoms with van der Waals surface area (Å²) in [6, 6.07) is 4.88. The summed E-state index contributed by atoms with van der Waals surface area (Å²) in [7, 11) is 1.41. The Bertz CT molecular complexity index is 336. The molecule has 0 bridgehead atoms. The van der Waals surface area contributed by atoms with Crippen molar-refractivity contribution in [2.45, 2.75) is 25.7 Å². The van der Waals surface area contributed by atoms with E-state index in [2.05, 4.69) is 0 Å². The predicted molar refractivity (Wildman–Crippen MR) is 56.7 cm³/mol. The normalized spacial score (nSPS) is 12.2. The van der Waals surface area contributed by atoms with Crippen molar-refractivity contribution in [1.29, 1.82) is 0 Å². The molecule has 0 aliphatic heterocycles. The molecule has 1 rings (SSSR count). The van der Waals surface area contributed by atoms with Crippen molar-refractivity contribution < 1.29 is 13.9 Å². The van der Waals surface area contributed by atoms with Gasteiger partial charge in [-0.2, -0.15) is 0 Å². The summed E-state index contributed by atoms with van der Waals surface area (Å²) < 4.78 is 18.6. The second-order valence-corrected chi connectivity index (χ2v) is 3.39. The van der Waals surface area contributed by atoms with Crippen LogP contribution in [0.1, 0.15) is 31.2 Å². The first-order chi connectivity index (χ1) is 7.24. The molecule has 0 radical (unpaired) electrons. The molecular formula is C12H15FO2. The van der Waals surface area contributed by atoms with Crippen LogP contribution in [0.4, 0.5) is 4.39 Å². The van der Waals surface area contributed by atoms with Crippen molar-refractivity contribution >= 4 is 6.29 Å². The van der Waals surface area contributed by atoms with Gasteiger partial charge < -0.3 is 9.53 Å². The minimum atomic E-state index is -0.425. The van der Waals surface area contributed by atoms with E-state index in [1.165, 1.54) is 7.11 Å². The van der Waals surface area contributed by atoms with Gasteiger partial charge in [0.2, 0.25) is 0 Å². The monoisotopic (exact) mass is 210 g/mol. The van der Waals surface area contributed by atoms with Gasteiger partial charge in [-0.1, -0.05) is 25.5 Å². The standard InChI is InChI=1S/C12H15FO2/c1-3-5-9(8-14)10-6-4-7-11(15-2)12(10)13/h4,6-9H,3,5H2,1-2H3. The van der Waals surface area contributed by atoms with E-state index in [0.717, 1.165) is 12.7 Å². The molecule has 1 aromatic carbocycles. The average Bonchev–Trinajstić information content (AvgIpc) is 2.27. The van der Waals surface area contributed by atoms with Crippen LogP contribution in [0.5, 0.6) is 5.75 Å². The molecule has 1 unspecified atom stereocenters. The number of methoxy groups -OCH3 is 1. The lowest BCUT2D eigenvalue weighted by Gasteiger charge is -2.12. The molecule has 1 atom stereocenters. The highest BCUT2D eigenvalue weighted by Gasteiger charge is 2.16. The van der Waals surface area contributed by atoms with Crippen LogP contribution in [0.2, 0.25) is 0 Å². The summed E-state index contributed by atoms with van der Waals surface area (Å²) in [4.78, 5) is 10.8. The first kappa shape index (κ1) is 11.7. The van der Waals surface area contributed by atoms with Gasteiger partial charge in [-0.05, 0) is 12.5 Å². The van der Waals surface area contributed by atoms with Crippen LogP contribution in [0.3, 0.4) is 0 Å². The minimum Gasteiger partial charge on any atom is -0.494 e. The molecule has 0 saturated heterocycles. The van der Waals surface area contributed by atoms with Crippen LogP contribution in [0.15, 0.2) is 18.2 Å². The molecule has 0 heterocycles. The van der Waals surface area contributed by atoms with Crippen LogP contribution >= 0.6 is 0 Å². The van der Waals surface area contributed by atoms with E-state index < -0.39 is 5.82 Å². The van der Waals surface area contributed by atoms with Crippen molar-refractivity contribution in [3.05, 3.63) is 29.6 Å². The molecule has 15 heavy (non-hydrogen) atoms. The summed E-state index contributed by atoms with van der Waals surface area (Å²) in [5.74, 6) is -0.605. The maximum atomic E-state index is 13.7. The Morgan fingerprint density at radius 2 is 2.27 bits per heavy atom. The molecule has 0 amide bonds. The van der Waals surface area contributed by atoms with Gasteiger partial charge in [-0.3, -0.25) is 0 Å². The number of ether oxygens (including phenoxy) is 1. The van der Waals surface area contributed by atoms with Gasteiger partial charge in [0, 0.05) is 11.5 Å². The number of rotatable bonds is 5. The van der Waals surface area contributed by atoms with Gasteiger partial charge in [0.1, 0.15) is 6.29 Å². The van der Waals surface area contributed by atoms with Crippen molar-refractivity contribution in [2.75, 3.05) is 7.11 Å². The molecular weight excluding hydrogens is 195 g/mol. The van der Waals surface area contributed by atoms with E-state index in [0.29, 0.717) is 12.0 Å². The van der Waals surface area contributed by atoms with Crippen LogP contribution in [-0.2, 0) is 4.79 Å². The Hall–Kier alpha value is -1.38. The Balaban J connectivity index is 3.06. The molecule has 1 aromatic rings. The summed E-state index contributed by atoms with van der Waals surface area (Å²) in [5.41, 5.74) is 0.422. The predicted octanol–water partition coefficient (Wildman–Crippen LogP) is 2.92. The van der Waals surface area contributed by atoms with E-state index in [-0.39, 0.29) is 11.7 Å². The zero-order valence-corrected chi connectivity index (χ0v) is 9.00. The highest BCUT2D eigenvalue weighted by atomic mass is 19.1. The van der Waals surface area contributed by atoms with Gasteiger partial charge in [-0.15, -0.1) is 0 Å². The molecule has 0 N–H and O–H groups in total. The fourth-order valence-corrected chi connectivity index (χ4v) is 1.58. The van der Waals surface area contributed by atoms with E-state index in [1.54, 1.807) is 18.2 Å². The number of halogens is 1. The smallest absolute Gasteiger partial charge is 0.168 e. The first-order valence-corrected chi connectivity index (χ1v) is 5.02. The lowest BCUT2D eigenvalue weighted by atomic mass is 9.95. The lowest BCUT2D eigenvalue weighted by Crippen LogP contribution is -2.04. The van der Waals surface area contributed by atoms with E-state index in [4.69, 9.17) is 4.74 Å². The third-order valence-electron chi connectivity index (χ3n) is 2.38. The van der Waals surface area contributed by atoms with E-state index in [1.807, 2.05) is 6.92 Å². The Labute approximate surface area is 89.1 Å². The van der Waals surface area contributed by atoms with Crippen LogP contribution < -0.4 is 4.74 Å². The third-order valence-corrected chi connectivity index (χ3v) is 2.38. The maximum Gasteiger partial charge on any atom is 0.168 e. The number of carbonyl (C=O) groups excluding carboxylic acids is 1. The van der Waals surface area contributed by atoms with Gasteiger partial charge in [0.15, 0.2) is 11.6 Å². The molecule has 82 valence electrons. The van der Waals surface area contributed by atoms with Gasteiger partial charge >= 0.3 is 0 Å². The number of aldehydes is 1. The molecule has 0 spiro atoms. The fourth-order valence-electron chi connectivity index (χ4n) is 1.58. The highest BCUT2D eigenvalue weighted by Crippen LogP contribution is 2.27. The van der Waals surface area contributed by atoms with Crippen molar-refractivity contribution in [2.24, 2.45) is 0 Å². The first-order valence-electron chi connectivity index (χ1n) is 5.02. The van der Waals surface area contributed by atoms with E-state index in [9.17, 15) is 9.18 Å². The largest absolute Gasteiger partial charge is 0.494 e. The number of hydrogen-bond acceptors (Lipinski definition) is 2. The summed E-state index contributed by atoms with van der Waals surface area (Å²) in [5, 5.41) is 0. The highest BCUT2D eigenvalue weighted by molar-refractivity contribution is 5.62. The zero-order valence-electron chi connectivity index (χ0n) is 9.00. The third kappa shape index (κ3) is 2.55. The SMILES string of the molecule is CCCC(C=O)c1cccc(OC)c1F. The van der Waals surface area contributed by atoms with E-state index >= 15 is 0 Å². The lowest BCUT2D eigenvalue weighted by molar-refractivity contribution is -0.109. The second kappa shape index (κ2) is 5.49. The molecule has 2 nitrogen and oxygen atoms in total. The maximum absolute atomic E-state index is 13.7. The number of hydrogen-bond donors (Lipinski definition) is 0. The summed E-state index contributed by atoms with van der Waals surface area (Å²) >= 11 is 0. The molecule has 3 heteroatoms. The van der Waals surface area contributed by atoms with Crippen LogP contribution in [0, 0.1) is 5.82 Å². The fraction of sp³-hybridized carbons (Fsp3) is 0.417. The van der Waals surface area contributed by atoms with Gasteiger partial charge in [-0.25, -0.2) is 4.39 Å². The minimum absolute atomic E-state index is 0.190. The quantitative estimate of drug-likeness (QED) is 0.698. The molecule has 0 aliphatic carbocycles. The Morgan fingerprint density at radius 3 is 2.80 bits per heavy atom. The molecule has 0 fully saturated rings. The van der Waals surface area contributed by atoms with Crippen molar-refractivity contribution in [1.82, 2.24) is 0 Å². The van der Waals surface area contributed by atoms with Gasteiger partial charge in [0.05, 0.1) is 7.11 Å². The zero-order chi connectivity index (χ0) is 11.3. The van der Waals surface area contributed by atoms with Crippen molar-refractivity contribution in [3.63, 3.8) is 0 Å². The topological polar surface area (TPSA) is 26.3 Å².